The van der Waals surface area contributed by atoms with Crippen LogP contribution in [0.1, 0.15) is 19.8 Å². The van der Waals surface area contributed by atoms with Crippen LogP contribution in [0.4, 0.5) is 0 Å². The van der Waals surface area contributed by atoms with Crippen LogP contribution in [0.15, 0.2) is 0 Å². The first-order chi connectivity index (χ1) is 6.77. The second kappa shape index (κ2) is 4.28. The zero-order valence-corrected chi connectivity index (χ0v) is 8.66. The fraction of sp³-hybridized carbons (Fsp3) is 0.900. The van der Waals surface area contributed by atoms with E-state index in [-0.39, 0.29) is 5.91 Å². The van der Waals surface area contributed by atoms with Crippen LogP contribution < -0.4 is 5.32 Å². The third kappa shape index (κ3) is 2.07. The van der Waals surface area contributed by atoms with Crippen molar-refractivity contribution in [1.29, 1.82) is 0 Å². The molecule has 0 radical (unpaired) electrons. The molecule has 0 saturated carbocycles. The molecule has 14 heavy (non-hydrogen) atoms. The number of ether oxygens (including phenoxy) is 1. The molecule has 2 atom stereocenters. The van der Waals surface area contributed by atoms with Gasteiger partial charge in [0.2, 0.25) is 5.91 Å². The molecule has 4 heteroatoms. The predicted octanol–water partition coefficient (Wildman–Crippen LogP) is -0.0143. The quantitative estimate of drug-likeness (QED) is 0.644. The fourth-order valence-electron chi connectivity index (χ4n) is 2.26. The molecule has 2 saturated heterocycles. The summed E-state index contributed by atoms with van der Waals surface area (Å²) in [6.45, 7) is 5.17. The third-order valence-electron chi connectivity index (χ3n) is 3.02. The van der Waals surface area contributed by atoms with E-state index in [2.05, 4.69) is 12.2 Å². The zero-order chi connectivity index (χ0) is 9.97. The minimum absolute atomic E-state index is 0.246. The first-order valence-corrected chi connectivity index (χ1v) is 5.39. The third-order valence-corrected chi connectivity index (χ3v) is 3.02. The molecule has 2 aliphatic heterocycles. The van der Waals surface area contributed by atoms with E-state index in [4.69, 9.17) is 4.74 Å². The minimum atomic E-state index is 0.246. The summed E-state index contributed by atoms with van der Waals surface area (Å²) in [5.41, 5.74) is 0. The largest absolute Gasteiger partial charge is 0.378 e. The molecule has 1 amide bonds. The minimum Gasteiger partial charge on any atom is -0.378 e. The molecule has 2 unspecified atom stereocenters. The molecular formula is C10H18N2O2. The van der Waals surface area contributed by atoms with Gasteiger partial charge in [0, 0.05) is 25.7 Å². The van der Waals surface area contributed by atoms with Crippen molar-refractivity contribution in [2.45, 2.75) is 31.9 Å². The molecule has 0 bridgehead atoms. The van der Waals surface area contributed by atoms with E-state index in [0.717, 1.165) is 32.5 Å². The second-order valence-electron chi connectivity index (χ2n) is 4.12. The van der Waals surface area contributed by atoms with Gasteiger partial charge in [-0.2, -0.15) is 0 Å². The summed E-state index contributed by atoms with van der Waals surface area (Å²) in [5, 5.41) is 3.09. The van der Waals surface area contributed by atoms with Gasteiger partial charge in [0.25, 0.3) is 0 Å². The van der Waals surface area contributed by atoms with E-state index < -0.39 is 0 Å². The molecule has 0 aromatic heterocycles. The lowest BCUT2D eigenvalue weighted by atomic mass is 10.0. The summed E-state index contributed by atoms with van der Waals surface area (Å²) in [6, 6.07) is 0.411. The van der Waals surface area contributed by atoms with Crippen molar-refractivity contribution >= 4 is 5.91 Å². The van der Waals surface area contributed by atoms with Gasteiger partial charge in [-0.15, -0.1) is 0 Å². The lowest BCUT2D eigenvalue weighted by molar-refractivity contribution is -0.137. The van der Waals surface area contributed by atoms with E-state index >= 15 is 0 Å². The van der Waals surface area contributed by atoms with Crippen LogP contribution in [-0.4, -0.2) is 49.2 Å². The molecule has 2 heterocycles. The number of carbonyl (C=O) groups excluding carboxylic acids is 1. The SMILES string of the molecule is CC1CC(N2CCNCC2=O)CCO1. The number of rotatable bonds is 1. The molecule has 0 aliphatic carbocycles. The number of hydrogen-bond donors (Lipinski definition) is 1. The Morgan fingerprint density at radius 3 is 3.14 bits per heavy atom. The number of hydrogen-bond acceptors (Lipinski definition) is 3. The Hall–Kier alpha value is -0.610. The van der Waals surface area contributed by atoms with Crippen molar-refractivity contribution in [3.05, 3.63) is 0 Å². The Bertz CT molecular complexity index is 220. The zero-order valence-electron chi connectivity index (χ0n) is 8.66. The fourth-order valence-corrected chi connectivity index (χ4v) is 2.26. The van der Waals surface area contributed by atoms with E-state index in [1.807, 2.05) is 4.90 Å². The Morgan fingerprint density at radius 1 is 1.57 bits per heavy atom. The average molecular weight is 198 g/mol. The van der Waals surface area contributed by atoms with Gasteiger partial charge in [-0.05, 0) is 19.8 Å². The first-order valence-electron chi connectivity index (χ1n) is 5.39. The first kappa shape index (κ1) is 9.93. The highest BCUT2D eigenvalue weighted by atomic mass is 16.5. The van der Waals surface area contributed by atoms with Crippen LogP contribution in [0.3, 0.4) is 0 Å². The number of amides is 1. The highest BCUT2D eigenvalue weighted by Gasteiger charge is 2.29. The molecule has 2 rings (SSSR count). The van der Waals surface area contributed by atoms with Crippen molar-refractivity contribution in [3.63, 3.8) is 0 Å². The molecule has 0 spiro atoms. The van der Waals surface area contributed by atoms with Gasteiger partial charge in [-0.3, -0.25) is 4.79 Å². The van der Waals surface area contributed by atoms with Crippen molar-refractivity contribution in [2.75, 3.05) is 26.2 Å². The van der Waals surface area contributed by atoms with Crippen LogP contribution in [0, 0.1) is 0 Å². The standard InChI is InChI=1S/C10H18N2O2/c1-8-6-9(2-5-14-8)12-4-3-11-7-10(12)13/h8-9,11H,2-7H2,1H3. The normalized spacial score (nSPS) is 34.6. The molecule has 80 valence electrons. The second-order valence-corrected chi connectivity index (χ2v) is 4.12. The number of piperazine rings is 1. The van der Waals surface area contributed by atoms with Crippen LogP contribution in [0.25, 0.3) is 0 Å². The highest BCUT2D eigenvalue weighted by molar-refractivity contribution is 5.79. The number of carbonyl (C=O) groups is 1. The summed E-state index contributed by atoms with van der Waals surface area (Å²) in [5.74, 6) is 0.246. The van der Waals surface area contributed by atoms with Crippen LogP contribution in [-0.2, 0) is 9.53 Å². The van der Waals surface area contributed by atoms with Gasteiger partial charge < -0.3 is 15.0 Å². The number of nitrogens with zero attached hydrogens (tertiary/aromatic N) is 1. The van der Waals surface area contributed by atoms with E-state index in [9.17, 15) is 4.79 Å². The summed E-state index contributed by atoms with van der Waals surface area (Å²) in [7, 11) is 0. The van der Waals surface area contributed by atoms with E-state index in [1.54, 1.807) is 0 Å². The van der Waals surface area contributed by atoms with E-state index in [1.165, 1.54) is 0 Å². The van der Waals surface area contributed by atoms with Gasteiger partial charge in [0.1, 0.15) is 0 Å². The van der Waals surface area contributed by atoms with Gasteiger partial charge in [0.15, 0.2) is 0 Å². The van der Waals surface area contributed by atoms with Gasteiger partial charge in [-0.25, -0.2) is 0 Å². The molecule has 0 aromatic rings. The molecule has 2 aliphatic rings. The Morgan fingerprint density at radius 2 is 2.43 bits per heavy atom. The maximum absolute atomic E-state index is 11.6. The summed E-state index contributed by atoms with van der Waals surface area (Å²) < 4.78 is 5.48. The average Bonchev–Trinajstić information content (AvgIpc) is 2.18. The monoisotopic (exact) mass is 198 g/mol. The highest BCUT2D eigenvalue weighted by Crippen LogP contribution is 2.19. The maximum atomic E-state index is 11.6. The Balaban J connectivity index is 1.94. The Kier molecular flexibility index (Phi) is 3.03. The topological polar surface area (TPSA) is 41.6 Å². The van der Waals surface area contributed by atoms with Crippen molar-refractivity contribution in [1.82, 2.24) is 10.2 Å². The van der Waals surface area contributed by atoms with Crippen molar-refractivity contribution < 1.29 is 9.53 Å². The van der Waals surface area contributed by atoms with Gasteiger partial charge in [-0.1, -0.05) is 0 Å². The van der Waals surface area contributed by atoms with Crippen LogP contribution in [0.5, 0.6) is 0 Å². The molecule has 1 N–H and O–H groups in total. The van der Waals surface area contributed by atoms with Crippen molar-refractivity contribution in [2.24, 2.45) is 0 Å². The molecule has 4 nitrogen and oxygen atoms in total. The van der Waals surface area contributed by atoms with Crippen LogP contribution in [0.2, 0.25) is 0 Å². The molecule has 2 fully saturated rings. The van der Waals surface area contributed by atoms with Crippen LogP contribution >= 0.6 is 0 Å². The molecule has 0 aromatic carbocycles. The Labute approximate surface area is 84.6 Å². The van der Waals surface area contributed by atoms with E-state index in [0.29, 0.717) is 18.7 Å². The number of nitrogens with one attached hydrogen (secondary N) is 1. The summed E-state index contributed by atoms with van der Waals surface area (Å²) >= 11 is 0. The molecular weight excluding hydrogens is 180 g/mol. The predicted molar refractivity (Wildman–Crippen MR) is 53.0 cm³/mol. The lowest BCUT2D eigenvalue weighted by Gasteiger charge is -2.38. The van der Waals surface area contributed by atoms with Gasteiger partial charge >= 0.3 is 0 Å². The van der Waals surface area contributed by atoms with Gasteiger partial charge in [0.05, 0.1) is 12.6 Å². The smallest absolute Gasteiger partial charge is 0.236 e. The summed E-state index contributed by atoms with van der Waals surface area (Å²) in [4.78, 5) is 13.6. The summed E-state index contributed by atoms with van der Waals surface area (Å²) in [6.07, 6.45) is 2.29. The lowest BCUT2D eigenvalue weighted by Crippen LogP contribution is -2.54. The maximum Gasteiger partial charge on any atom is 0.236 e. The van der Waals surface area contributed by atoms with Crippen molar-refractivity contribution in [3.8, 4) is 0 Å².